The number of nitrogens with zero attached hydrogens (tertiary/aromatic N) is 1. The molecule has 3 N–H and O–H groups in total. The van der Waals surface area contributed by atoms with E-state index in [0.29, 0.717) is 6.04 Å². The van der Waals surface area contributed by atoms with Gasteiger partial charge in [0.1, 0.15) is 0 Å². The van der Waals surface area contributed by atoms with Crippen molar-refractivity contribution in [2.24, 2.45) is 5.73 Å². The molecule has 0 spiro atoms. The van der Waals surface area contributed by atoms with E-state index in [9.17, 15) is 0 Å². The molecular formula is C11H24N2O2. The van der Waals surface area contributed by atoms with Crippen LogP contribution in [0, 0.1) is 0 Å². The summed E-state index contributed by atoms with van der Waals surface area (Å²) in [4.78, 5) is 2.40. The number of nitrogens with two attached hydrogens (primary N) is 1. The van der Waals surface area contributed by atoms with Crippen molar-refractivity contribution in [3.8, 4) is 0 Å². The zero-order valence-corrected chi connectivity index (χ0v) is 9.69. The van der Waals surface area contributed by atoms with Crippen LogP contribution in [0.2, 0.25) is 0 Å². The average Bonchev–Trinajstić information content (AvgIpc) is 2.26. The van der Waals surface area contributed by atoms with Gasteiger partial charge in [-0.25, -0.2) is 0 Å². The first kappa shape index (κ1) is 12.9. The normalized spacial score (nSPS) is 28.2. The van der Waals surface area contributed by atoms with Gasteiger partial charge in [-0.1, -0.05) is 6.42 Å². The quantitative estimate of drug-likeness (QED) is 0.623. The van der Waals surface area contributed by atoms with Gasteiger partial charge in [-0.2, -0.15) is 0 Å². The molecule has 1 rings (SSSR count). The van der Waals surface area contributed by atoms with Gasteiger partial charge in [0.25, 0.3) is 0 Å². The Morgan fingerprint density at radius 1 is 1.40 bits per heavy atom. The Labute approximate surface area is 92.4 Å². The van der Waals surface area contributed by atoms with Crippen LogP contribution in [0.4, 0.5) is 0 Å². The first-order valence-electron chi connectivity index (χ1n) is 5.94. The Kier molecular flexibility index (Phi) is 6.17. The number of morpholine rings is 1. The van der Waals surface area contributed by atoms with Crippen molar-refractivity contribution in [1.82, 2.24) is 4.90 Å². The van der Waals surface area contributed by atoms with E-state index in [4.69, 9.17) is 15.6 Å². The summed E-state index contributed by atoms with van der Waals surface area (Å²) in [5.74, 6) is 0. The maximum absolute atomic E-state index is 9.04. The molecule has 0 bridgehead atoms. The second-order valence-corrected chi connectivity index (χ2v) is 4.33. The lowest BCUT2D eigenvalue weighted by Gasteiger charge is -2.37. The number of ether oxygens (including phenoxy) is 1. The van der Waals surface area contributed by atoms with Gasteiger partial charge in [-0.3, -0.25) is 4.90 Å². The van der Waals surface area contributed by atoms with E-state index in [-0.39, 0.29) is 12.7 Å². The average molecular weight is 216 g/mol. The van der Waals surface area contributed by atoms with Gasteiger partial charge < -0.3 is 15.6 Å². The lowest BCUT2D eigenvalue weighted by molar-refractivity contribution is -0.0779. The number of unbranched alkanes of at least 4 members (excludes halogenated alkanes) is 2. The molecule has 0 aromatic heterocycles. The number of hydrogen-bond acceptors (Lipinski definition) is 4. The molecule has 0 aliphatic carbocycles. The first-order valence-corrected chi connectivity index (χ1v) is 5.94. The van der Waals surface area contributed by atoms with Gasteiger partial charge in [0.2, 0.25) is 0 Å². The summed E-state index contributed by atoms with van der Waals surface area (Å²) in [6.45, 7) is 5.80. The Balaban J connectivity index is 2.19. The van der Waals surface area contributed by atoms with Crippen molar-refractivity contribution in [2.75, 3.05) is 32.8 Å². The fourth-order valence-electron chi connectivity index (χ4n) is 1.93. The smallest absolute Gasteiger partial charge is 0.0933 e. The van der Waals surface area contributed by atoms with E-state index >= 15 is 0 Å². The minimum Gasteiger partial charge on any atom is -0.394 e. The molecule has 15 heavy (non-hydrogen) atoms. The molecule has 1 aliphatic rings. The Morgan fingerprint density at radius 2 is 2.20 bits per heavy atom. The van der Waals surface area contributed by atoms with Crippen LogP contribution in [0.15, 0.2) is 0 Å². The molecule has 4 nitrogen and oxygen atoms in total. The van der Waals surface area contributed by atoms with E-state index in [1.54, 1.807) is 0 Å². The molecule has 0 aromatic rings. The summed E-state index contributed by atoms with van der Waals surface area (Å²) < 4.78 is 5.49. The Morgan fingerprint density at radius 3 is 2.87 bits per heavy atom. The van der Waals surface area contributed by atoms with Crippen molar-refractivity contribution in [1.29, 1.82) is 0 Å². The largest absolute Gasteiger partial charge is 0.394 e. The molecule has 90 valence electrons. The number of aliphatic hydroxyl groups excluding tert-OH is 1. The van der Waals surface area contributed by atoms with Crippen molar-refractivity contribution in [2.45, 2.75) is 38.3 Å². The molecule has 0 aromatic carbocycles. The van der Waals surface area contributed by atoms with Crippen LogP contribution >= 0.6 is 0 Å². The van der Waals surface area contributed by atoms with Crippen LogP contribution in [0.5, 0.6) is 0 Å². The molecule has 0 radical (unpaired) electrons. The standard InChI is InChI=1S/C11H24N2O2/c1-10-9-15-11(8-14)7-13(10)6-4-2-3-5-12/h10-11,14H,2-9,12H2,1H3. The molecule has 1 fully saturated rings. The first-order chi connectivity index (χ1) is 7.27. The lowest BCUT2D eigenvalue weighted by atomic mass is 10.1. The predicted octanol–water partition coefficient (Wildman–Crippen LogP) is 0.197. The van der Waals surface area contributed by atoms with E-state index in [2.05, 4.69) is 11.8 Å². The zero-order chi connectivity index (χ0) is 11.1. The van der Waals surface area contributed by atoms with Crippen molar-refractivity contribution in [3.63, 3.8) is 0 Å². The maximum Gasteiger partial charge on any atom is 0.0933 e. The second kappa shape index (κ2) is 7.17. The highest BCUT2D eigenvalue weighted by atomic mass is 16.5. The molecule has 0 saturated carbocycles. The second-order valence-electron chi connectivity index (χ2n) is 4.33. The monoisotopic (exact) mass is 216 g/mol. The van der Waals surface area contributed by atoms with Crippen molar-refractivity contribution >= 4 is 0 Å². The summed E-state index contributed by atoms with van der Waals surface area (Å²) in [5, 5.41) is 9.04. The summed E-state index contributed by atoms with van der Waals surface area (Å²) >= 11 is 0. The molecule has 0 amide bonds. The van der Waals surface area contributed by atoms with Gasteiger partial charge >= 0.3 is 0 Å². The molecule has 1 aliphatic heterocycles. The minimum absolute atomic E-state index is 0.00992. The predicted molar refractivity (Wildman–Crippen MR) is 60.8 cm³/mol. The van der Waals surface area contributed by atoms with Crippen LogP contribution in [0.3, 0.4) is 0 Å². The minimum atomic E-state index is 0.00992. The maximum atomic E-state index is 9.04. The van der Waals surface area contributed by atoms with Gasteiger partial charge in [0.05, 0.1) is 19.3 Å². The fourth-order valence-corrected chi connectivity index (χ4v) is 1.93. The van der Waals surface area contributed by atoms with Gasteiger partial charge in [0, 0.05) is 12.6 Å². The topological polar surface area (TPSA) is 58.7 Å². The number of rotatable bonds is 6. The van der Waals surface area contributed by atoms with Crippen LogP contribution in [-0.4, -0.2) is 55.0 Å². The highest BCUT2D eigenvalue weighted by molar-refractivity contribution is 4.76. The Bertz CT molecular complexity index is 167. The van der Waals surface area contributed by atoms with Crippen LogP contribution in [0.25, 0.3) is 0 Å². The molecular weight excluding hydrogens is 192 g/mol. The van der Waals surface area contributed by atoms with Crippen LogP contribution in [0.1, 0.15) is 26.2 Å². The Hall–Kier alpha value is -0.160. The molecule has 4 heteroatoms. The third kappa shape index (κ3) is 4.47. The van der Waals surface area contributed by atoms with Crippen molar-refractivity contribution in [3.05, 3.63) is 0 Å². The zero-order valence-electron chi connectivity index (χ0n) is 9.69. The molecule has 2 atom stereocenters. The highest BCUT2D eigenvalue weighted by Crippen LogP contribution is 2.12. The third-order valence-corrected chi connectivity index (χ3v) is 2.99. The summed E-state index contributed by atoms with van der Waals surface area (Å²) in [7, 11) is 0. The van der Waals surface area contributed by atoms with Crippen molar-refractivity contribution < 1.29 is 9.84 Å². The summed E-state index contributed by atoms with van der Waals surface area (Å²) in [5.41, 5.74) is 5.45. The number of hydrogen-bond donors (Lipinski definition) is 2. The highest BCUT2D eigenvalue weighted by Gasteiger charge is 2.24. The van der Waals surface area contributed by atoms with Gasteiger partial charge in [0.15, 0.2) is 0 Å². The third-order valence-electron chi connectivity index (χ3n) is 2.99. The SMILES string of the molecule is CC1COC(CO)CN1CCCCCN. The van der Waals surface area contributed by atoms with Crippen LogP contribution < -0.4 is 5.73 Å². The molecule has 1 heterocycles. The fraction of sp³-hybridized carbons (Fsp3) is 1.00. The van der Waals surface area contributed by atoms with E-state index < -0.39 is 0 Å². The summed E-state index contributed by atoms with van der Waals surface area (Å²) in [6, 6.07) is 0.477. The molecule has 1 saturated heterocycles. The van der Waals surface area contributed by atoms with Gasteiger partial charge in [-0.05, 0) is 32.9 Å². The lowest BCUT2D eigenvalue weighted by Crippen LogP contribution is -2.49. The number of aliphatic hydroxyl groups is 1. The van der Waals surface area contributed by atoms with Crippen LogP contribution in [-0.2, 0) is 4.74 Å². The van der Waals surface area contributed by atoms with E-state index in [0.717, 1.165) is 32.7 Å². The molecule has 2 unspecified atom stereocenters. The summed E-state index contributed by atoms with van der Waals surface area (Å²) in [6.07, 6.45) is 3.52. The van der Waals surface area contributed by atoms with E-state index in [1.165, 1.54) is 12.8 Å². The van der Waals surface area contributed by atoms with Gasteiger partial charge in [-0.15, -0.1) is 0 Å². The van der Waals surface area contributed by atoms with E-state index in [1.807, 2.05) is 0 Å².